The number of hydrogen-bond donors (Lipinski definition) is 1. The second-order valence-corrected chi connectivity index (χ2v) is 4.09. The summed E-state index contributed by atoms with van der Waals surface area (Å²) in [6.45, 7) is 2.73. The quantitative estimate of drug-likeness (QED) is 0.877. The lowest BCUT2D eigenvalue weighted by molar-refractivity contribution is 0.478. The van der Waals surface area contributed by atoms with Crippen molar-refractivity contribution in [1.29, 1.82) is 0 Å². The van der Waals surface area contributed by atoms with Crippen molar-refractivity contribution in [2.24, 2.45) is 0 Å². The van der Waals surface area contributed by atoms with Crippen LogP contribution in [0.4, 0.5) is 8.78 Å². The van der Waals surface area contributed by atoms with Gasteiger partial charge in [0.25, 0.3) is 0 Å². The van der Waals surface area contributed by atoms with E-state index in [1.165, 1.54) is 18.6 Å². The van der Waals surface area contributed by atoms with Crippen LogP contribution in [0.5, 0.6) is 0 Å². The van der Waals surface area contributed by atoms with Gasteiger partial charge < -0.3 is 9.73 Å². The van der Waals surface area contributed by atoms with Gasteiger partial charge in [-0.1, -0.05) is 19.1 Å². The normalized spacial score (nSPS) is 12.6. The number of nitrogens with one attached hydrogen (secondary N) is 1. The van der Waals surface area contributed by atoms with E-state index in [-0.39, 0.29) is 6.04 Å². The van der Waals surface area contributed by atoms with Gasteiger partial charge in [0.15, 0.2) is 11.6 Å². The highest BCUT2D eigenvalue weighted by Crippen LogP contribution is 2.26. The van der Waals surface area contributed by atoms with Crippen LogP contribution in [0.25, 0.3) is 0 Å². The van der Waals surface area contributed by atoms with Gasteiger partial charge in [-0.15, -0.1) is 0 Å². The Morgan fingerprint density at radius 1 is 1.28 bits per heavy atom. The first kappa shape index (κ1) is 12.8. The van der Waals surface area contributed by atoms with Crippen LogP contribution in [0.2, 0.25) is 0 Å². The Kier molecular flexibility index (Phi) is 4.10. The van der Waals surface area contributed by atoms with Gasteiger partial charge in [-0.2, -0.15) is 0 Å². The van der Waals surface area contributed by atoms with Gasteiger partial charge in [0.1, 0.15) is 0 Å². The molecule has 0 aliphatic heterocycles. The first-order valence-corrected chi connectivity index (χ1v) is 5.93. The Hall–Kier alpha value is -1.68. The van der Waals surface area contributed by atoms with Crippen molar-refractivity contribution in [2.45, 2.75) is 19.4 Å². The predicted molar refractivity (Wildman–Crippen MR) is 65.2 cm³/mol. The van der Waals surface area contributed by atoms with E-state index in [0.717, 1.165) is 18.1 Å². The van der Waals surface area contributed by atoms with E-state index in [1.807, 2.05) is 6.92 Å². The zero-order valence-corrected chi connectivity index (χ0v) is 10.1. The molecule has 1 atom stereocenters. The summed E-state index contributed by atoms with van der Waals surface area (Å²) < 4.78 is 32.1. The minimum absolute atomic E-state index is 0.296. The fourth-order valence-electron chi connectivity index (χ4n) is 1.88. The third kappa shape index (κ3) is 2.59. The summed E-state index contributed by atoms with van der Waals surface area (Å²) in [7, 11) is 0. The fraction of sp³-hybridized carbons (Fsp3) is 0.286. The summed E-state index contributed by atoms with van der Waals surface area (Å²) >= 11 is 0. The van der Waals surface area contributed by atoms with Gasteiger partial charge in [-0.25, -0.2) is 8.78 Å². The summed E-state index contributed by atoms with van der Waals surface area (Å²) in [5.41, 5.74) is 1.08. The predicted octanol–water partition coefficient (Wildman–Crippen LogP) is 3.65. The summed E-state index contributed by atoms with van der Waals surface area (Å²) in [5.74, 6) is -1.65. The Morgan fingerprint density at radius 2 is 2.11 bits per heavy atom. The van der Waals surface area contributed by atoms with Crippen LogP contribution < -0.4 is 5.32 Å². The number of rotatable bonds is 5. The van der Waals surface area contributed by atoms with Crippen molar-refractivity contribution >= 4 is 0 Å². The molecule has 2 nitrogen and oxygen atoms in total. The van der Waals surface area contributed by atoms with Crippen molar-refractivity contribution in [2.75, 3.05) is 6.54 Å². The first-order chi connectivity index (χ1) is 8.74. The van der Waals surface area contributed by atoms with Crippen LogP contribution in [0.1, 0.15) is 30.5 Å². The molecule has 0 spiro atoms. The molecule has 2 aromatic rings. The molecule has 4 heteroatoms. The topological polar surface area (TPSA) is 25.2 Å². The number of furan rings is 1. The second-order valence-electron chi connectivity index (χ2n) is 4.09. The summed E-state index contributed by atoms with van der Waals surface area (Å²) in [6.07, 6.45) is 3.97. The first-order valence-electron chi connectivity index (χ1n) is 5.93. The summed E-state index contributed by atoms with van der Waals surface area (Å²) in [6, 6.07) is 5.56. The number of halogens is 2. The molecule has 1 unspecified atom stereocenters. The molecule has 0 amide bonds. The van der Waals surface area contributed by atoms with E-state index in [9.17, 15) is 8.78 Å². The largest absolute Gasteiger partial charge is 0.472 e. The van der Waals surface area contributed by atoms with E-state index in [1.54, 1.807) is 12.1 Å². The summed E-state index contributed by atoms with van der Waals surface area (Å²) in [5, 5.41) is 3.19. The molecule has 0 bridgehead atoms. The zero-order chi connectivity index (χ0) is 13.0. The van der Waals surface area contributed by atoms with E-state index in [0.29, 0.717) is 12.1 Å². The van der Waals surface area contributed by atoms with Crippen molar-refractivity contribution in [3.63, 3.8) is 0 Å². The molecule has 1 N–H and O–H groups in total. The highest BCUT2D eigenvalue weighted by atomic mass is 19.2. The van der Waals surface area contributed by atoms with Gasteiger partial charge >= 0.3 is 0 Å². The molecule has 0 aliphatic carbocycles. The third-order valence-corrected chi connectivity index (χ3v) is 2.77. The molecular formula is C14H15F2NO. The van der Waals surface area contributed by atoms with Crippen molar-refractivity contribution < 1.29 is 13.2 Å². The minimum Gasteiger partial charge on any atom is -0.472 e. The average Bonchev–Trinajstić information content (AvgIpc) is 2.88. The Balaban J connectivity index is 2.37. The molecule has 1 heterocycles. The Labute approximate surface area is 105 Å². The standard InChI is InChI=1S/C14H15F2NO/c1-2-7-17-14(10-6-8-18-9-10)11-4-3-5-12(15)13(11)16/h3-6,8-9,14,17H,2,7H2,1H3. The molecular weight excluding hydrogens is 236 g/mol. The molecule has 18 heavy (non-hydrogen) atoms. The lowest BCUT2D eigenvalue weighted by Gasteiger charge is -2.18. The SMILES string of the molecule is CCCNC(c1ccoc1)c1cccc(F)c1F. The lowest BCUT2D eigenvalue weighted by atomic mass is 10.0. The van der Waals surface area contributed by atoms with E-state index in [2.05, 4.69) is 5.32 Å². The van der Waals surface area contributed by atoms with Gasteiger partial charge in [0.05, 0.1) is 18.6 Å². The monoisotopic (exact) mass is 251 g/mol. The van der Waals surface area contributed by atoms with Gasteiger partial charge in [-0.05, 0) is 25.1 Å². The molecule has 2 rings (SSSR count). The van der Waals surface area contributed by atoms with Crippen LogP contribution in [-0.2, 0) is 0 Å². The molecule has 96 valence electrons. The Bertz CT molecular complexity index is 497. The van der Waals surface area contributed by atoms with Gasteiger partial charge in [0.2, 0.25) is 0 Å². The second kappa shape index (κ2) is 5.78. The molecule has 1 aromatic heterocycles. The number of benzene rings is 1. The molecule has 0 radical (unpaired) electrons. The lowest BCUT2D eigenvalue weighted by Crippen LogP contribution is -2.24. The highest BCUT2D eigenvalue weighted by molar-refractivity contribution is 5.31. The molecule has 0 saturated carbocycles. The van der Waals surface area contributed by atoms with E-state index in [4.69, 9.17) is 4.42 Å². The van der Waals surface area contributed by atoms with Crippen LogP contribution in [0.3, 0.4) is 0 Å². The van der Waals surface area contributed by atoms with Crippen LogP contribution in [0, 0.1) is 11.6 Å². The highest BCUT2D eigenvalue weighted by Gasteiger charge is 2.20. The molecule has 0 fully saturated rings. The maximum Gasteiger partial charge on any atom is 0.163 e. The van der Waals surface area contributed by atoms with Crippen LogP contribution >= 0.6 is 0 Å². The smallest absolute Gasteiger partial charge is 0.163 e. The molecule has 0 aliphatic rings. The Morgan fingerprint density at radius 3 is 2.78 bits per heavy atom. The molecule has 1 aromatic carbocycles. The molecule has 0 saturated heterocycles. The van der Waals surface area contributed by atoms with Gasteiger partial charge in [-0.3, -0.25) is 0 Å². The van der Waals surface area contributed by atoms with Crippen molar-refractivity contribution in [3.05, 3.63) is 59.6 Å². The van der Waals surface area contributed by atoms with E-state index < -0.39 is 11.6 Å². The number of hydrogen-bond acceptors (Lipinski definition) is 2. The van der Waals surface area contributed by atoms with Crippen LogP contribution in [-0.4, -0.2) is 6.54 Å². The fourth-order valence-corrected chi connectivity index (χ4v) is 1.88. The maximum atomic E-state index is 13.8. The average molecular weight is 251 g/mol. The third-order valence-electron chi connectivity index (χ3n) is 2.77. The van der Waals surface area contributed by atoms with Crippen molar-refractivity contribution in [1.82, 2.24) is 5.32 Å². The van der Waals surface area contributed by atoms with E-state index >= 15 is 0 Å². The van der Waals surface area contributed by atoms with Crippen LogP contribution in [0.15, 0.2) is 41.2 Å². The maximum absolute atomic E-state index is 13.8. The summed E-state index contributed by atoms with van der Waals surface area (Å²) in [4.78, 5) is 0. The minimum atomic E-state index is -0.834. The van der Waals surface area contributed by atoms with Gasteiger partial charge in [0, 0.05) is 11.1 Å². The zero-order valence-electron chi connectivity index (χ0n) is 10.1. The van der Waals surface area contributed by atoms with Crippen molar-refractivity contribution in [3.8, 4) is 0 Å².